The Morgan fingerprint density at radius 2 is 1.59 bits per heavy atom. The predicted molar refractivity (Wildman–Crippen MR) is 70.3 cm³/mol. The summed E-state index contributed by atoms with van der Waals surface area (Å²) in [7, 11) is 0. The van der Waals surface area contributed by atoms with Gasteiger partial charge in [0.25, 0.3) is 0 Å². The van der Waals surface area contributed by atoms with Crippen LogP contribution >= 0.6 is 0 Å². The molecule has 0 N–H and O–H groups in total. The Hall–Kier alpha value is -1.89. The van der Waals surface area contributed by atoms with Crippen molar-refractivity contribution in [2.45, 2.75) is 13.3 Å². The van der Waals surface area contributed by atoms with Gasteiger partial charge in [-0.2, -0.15) is 0 Å². The van der Waals surface area contributed by atoms with Crippen molar-refractivity contribution in [2.75, 3.05) is 0 Å². The molecule has 0 fully saturated rings. The predicted octanol–water partition coefficient (Wildman–Crippen LogP) is 4.39. The molecule has 0 aromatic heterocycles. The zero-order valence-corrected chi connectivity index (χ0v) is 9.91. The molecule has 2 aromatic rings. The number of halogens is 1. The highest BCUT2D eigenvalue weighted by atomic mass is 19.1. The second-order valence-electron chi connectivity index (χ2n) is 4.27. The number of rotatable bonds is 3. The van der Waals surface area contributed by atoms with Gasteiger partial charge in [0, 0.05) is 0 Å². The van der Waals surface area contributed by atoms with Crippen LogP contribution in [0.3, 0.4) is 0 Å². The Labute approximate surface area is 101 Å². The first-order valence-electron chi connectivity index (χ1n) is 5.64. The van der Waals surface area contributed by atoms with Gasteiger partial charge in [0.15, 0.2) is 0 Å². The monoisotopic (exact) mass is 226 g/mol. The average molecular weight is 226 g/mol. The first-order valence-corrected chi connectivity index (χ1v) is 5.64. The third-order valence-electron chi connectivity index (χ3n) is 2.79. The standard InChI is InChI=1S/C16H15F/c1-12-3-7-15(8-4-12)13(2)11-14-5-9-16(17)10-6-14/h3-10H,2,11H2,1H3. The summed E-state index contributed by atoms with van der Waals surface area (Å²) < 4.78 is 12.8. The lowest BCUT2D eigenvalue weighted by Gasteiger charge is -2.06. The number of hydrogen-bond donors (Lipinski definition) is 0. The van der Waals surface area contributed by atoms with Crippen LogP contribution in [0.2, 0.25) is 0 Å². The Morgan fingerprint density at radius 1 is 1.00 bits per heavy atom. The zero-order chi connectivity index (χ0) is 12.3. The minimum atomic E-state index is -0.199. The van der Waals surface area contributed by atoms with Crippen molar-refractivity contribution in [1.82, 2.24) is 0 Å². The molecule has 0 atom stereocenters. The molecule has 2 rings (SSSR count). The number of aryl methyl sites for hydroxylation is 1. The molecule has 86 valence electrons. The zero-order valence-electron chi connectivity index (χ0n) is 9.91. The second-order valence-corrected chi connectivity index (χ2v) is 4.27. The Balaban J connectivity index is 2.11. The van der Waals surface area contributed by atoms with Gasteiger partial charge in [0.2, 0.25) is 0 Å². The van der Waals surface area contributed by atoms with E-state index >= 15 is 0 Å². The molecule has 0 aliphatic heterocycles. The molecule has 0 spiro atoms. The van der Waals surface area contributed by atoms with Crippen molar-refractivity contribution < 1.29 is 4.39 Å². The molecule has 0 heterocycles. The molecule has 0 radical (unpaired) electrons. The van der Waals surface area contributed by atoms with E-state index in [0.717, 1.165) is 23.1 Å². The van der Waals surface area contributed by atoms with E-state index in [1.165, 1.54) is 17.7 Å². The maximum atomic E-state index is 12.8. The van der Waals surface area contributed by atoms with Gasteiger partial charge in [-0.1, -0.05) is 48.5 Å². The van der Waals surface area contributed by atoms with Crippen LogP contribution in [0.25, 0.3) is 5.57 Å². The molecular weight excluding hydrogens is 211 g/mol. The first kappa shape index (κ1) is 11.6. The summed E-state index contributed by atoms with van der Waals surface area (Å²) in [5.74, 6) is -0.199. The molecular formula is C16H15F. The van der Waals surface area contributed by atoms with Gasteiger partial charge in [-0.3, -0.25) is 0 Å². The summed E-state index contributed by atoms with van der Waals surface area (Å²) in [5.41, 5.74) is 4.51. The molecule has 0 saturated carbocycles. The fourth-order valence-corrected chi connectivity index (χ4v) is 1.74. The molecule has 17 heavy (non-hydrogen) atoms. The summed E-state index contributed by atoms with van der Waals surface area (Å²) in [6.07, 6.45) is 0.753. The fourth-order valence-electron chi connectivity index (χ4n) is 1.74. The summed E-state index contributed by atoms with van der Waals surface area (Å²) in [6, 6.07) is 14.9. The van der Waals surface area contributed by atoms with E-state index in [1.807, 2.05) is 0 Å². The van der Waals surface area contributed by atoms with Gasteiger partial charge in [-0.25, -0.2) is 4.39 Å². The minimum absolute atomic E-state index is 0.199. The normalized spacial score (nSPS) is 10.2. The van der Waals surface area contributed by atoms with Crippen LogP contribution in [-0.4, -0.2) is 0 Å². The van der Waals surface area contributed by atoms with Crippen LogP contribution in [0, 0.1) is 12.7 Å². The van der Waals surface area contributed by atoms with Gasteiger partial charge in [-0.05, 0) is 42.2 Å². The summed E-state index contributed by atoms with van der Waals surface area (Å²) in [6.45, 7) is 6.14. The molecule has 0 amide bonds. The van der Waals surface area contributed by atoms with Gasteiger partial charge in [0.1, 0.15) is 5.82 Å². The first-order chi connectivity index (χ1) is 8.15. The maximum absolute atomic E-state index is 12.8. The summed E-state index contributed by atoms with van der Waals surface area (Å²) in [5, 5.41) is 0. The Morgan fingerprint density at radius 3 is 2.18 bits per heavy atom. The maximum Gasteiger partial charge on any atom is 0.123 e. The number of benzene rings is 2. The number of allylic oxidation sites excluding steroid dienone is 1. The van der Waals surface area contributed by atoms with E-state index in [-0.39, 0.29) is 5.82 Å². The lowest BCUT2D eigenvalue weighted by Crippen LogP contribution is -1.90. The van der Waals surface area contributed by atoms with Gasteiger partial charge < -0.3 is 0 Å². The lowest BCUT2D eigenvalue weighted by molar-refractivity contribution is 0.627. The third-order valence-corrected chi connectivity index (χ3v) is 2.79. The third kappa shape index (κ3) is 3.04. The van der Waals surface area contributed by atoms with Crippen molar-refractivity contribution in [3.63, 3.8) is 0 Å². The second kappa shape index (κ2) is 4.96. The topological polar surface area (TPSA) is 0 Å². The van der Waals surface area contributed by atoms with E-state index in [9.17, 15) is 4.39 Å². The van der Waals surface area contributed by atoms with Crippen LogP contribution in [0.5, 0.6) is 0 Å². The SMILES string of the molecule is C=C(Cc1ccc(F)cc1)c1ccc(C)cc1. The van der Waals surface area contributed by atoms with Crippen molar-refractivity contribution in [2.24, 2.45) is 0 Å². The van der Waals surface area contributed by atoms with E-state index in [1.54, 1.807) is 12.1 Å². The van der Waals surface area contributed by atoms with E-state index < -0.39 is 0 Å². The van der Waals surface area contributed by atoms with Crippen molar-refractivity contribution in [3.8, 4) is 0 Å². The minimum Gasteiger partial charge on any atom is -0.207 e. The van der Waals surface area contributed by atoms with Crippen LogP contribution in [0.4, 0.5) is 4.39 Å². The molecule has 2 aromatic carbocycles. The van der Waals surface area contributed by atoms with Gasteiger partial charge in [-0.15, -0.1) is 0 Å². The molecule has 0 saturated heterocycles. The van der Waals surface area contributed by atoms with E-state index in [0.29, 0.717) is 0 Å². The highest BCUT2D eigenvalue weighted by Crippen LogP contribution is 2.18. The molecule has 0 aliphatic rings. The molecule has 0 bridgehead atoms. The molecule has 1 heteroatoms. The van der Waals surface area contributed by atoms with Crippen LogP contribution in [0.15, 0.2) is 55.1 Å². The Kier molecular flexibility index (Phi) is 3.38. The smallest absolute Gasteiger partial charge is 0.123 e. The van der Waals surface area contributed by atoms with Crippen molar-refractivity contribution in [3.05, 3.63) is 77.6 Å². The summed E-state index contributed by atoms with van der Waals surface area (Å²) in [4.78, 5) is 0. The van der Waals surface area contributed by atoms with Crippen LogP contribution < -0.4 is 0 Å². The highest BCUT2D eigenvalue weighted by molar-refractivity contribution is 5.65. The van der Waals surface area contributed by atoms with Crippen LogP contribution in [0.1, 0.15) is 16.7 Å². The average Bonchev–Trinajstić information content (AvgIpc) is 2.33. The van der Waals surface area contributed by atoms with Crippen molar-refractivity contribution in [1.29, 1.82) is 0 Å². The fraction of sp³-hybridized carbons (Fsp3) is 0.125. The molecule has 0 unspecified atom stereocenters. The van der Waals surface area contributed by atoms with Gasteiger partial charge >= 0.3 is 0 Å². The molecule has 0 nitrogen and oxygen atoms in total. The van der Waals surface area contributed by atoms with E-state index in [2.05, 4.69) is 37.8 Å². The number of hydrogen-bond acceptors (Lipinski definition) is 0. The Bertz CT molecular complexity index is 506. The molecule has 0 aliphatic carbocycles. The van der Waals surface area contributed by atoms with Gasteiger partial charge in [0.05, 0.1) is 0 Å². The van der Waals surface area contributed by atoms with E-state index in [4.69, 9.17) is 0 Å². The quantitative estimate of drug-likeness (QED) is 0.728. The van der Waals surface area contributed by atoms with Crippen molar-refractivity contribution >= 4 is 5.57 Å². The lowest BCUT2D eigenvalue weighted by atomic mass is 9.99. The summed E-state index contributed by atoms with van der Waals surface area (Å²) >= 11 is 0. The highest BCUT2D eigenvalue weighted by Gasteiger charge is 2.01. The van der Waals surface area contributed by atoms with Crippen LogP contribution in [-0.2, 0) is 6.42 Å². The largest absolute Gasteiger partial charge is 0.207 e.